The molecule has 0 aromatic carbocycles. The fourth-order valence-corrected chi connectivity index (χ4v) is 2.96. The van der Waals surface area contributed by atoms with Gasteiger partial charge in [-0.3, -0.25) is 0 Å². The highest BCUT2D eigenvalue weighted by molar-refractivity contribution is 7.89. The van der Waals surface area contributed by atoms with E-state index in [9.17, 15) is 13.5 Å². The normalized spacial score (nSPS) is 12.9. The van der Waals surface area contributed by atoms with Crippen LogP contribution in [-0.2, 0) is 17.1 Å². The van der Waals surface area contributed by atoms with Crippen LogP contribution in [0.4, 0.5) is 0 Å². The van der Waals surface area contributed by atoms with Crippen molar-refractivity contribution in [3.8, 4) is 0 Å². The molecule has 0 amide bonds. The molecule has 0 spiro atoms. The van der Waals surface area contributed by atoms with Gasteiger partial charge >= 0.3 is 0 Å². The number of nitrogens with zero attached hydrogens (tertiary/aromatic N) is 1. The molecule has 0 saturated carbocycles. The summed E-state index contributed by atoms with van der Waals surface area (Å²) in [5.41, 5.74) is -0.373. The minimum Gasteiger partial charge on any atom is -0.396 e. The summed E-state index contributed by atoms with van der Waals surface area (Å²) in [5.74, 6) is 0. The summed E-state index contributed by atoms with van der Waals surface area (Å²) < 4.78 is 28.3. The summed E-state index contributed by atoms with van der Waals surface area (Å²) in [7, 11) is -1.71. The third-order valence-electron chi connectivity index (χ3n) is 3.59. The molecule has 5 nitrogen and oxygen atoms in total. The Morgan fingerprint density at radius 2 is 2.00 bits per heavy atom. The minimum atomic E-state index is -3.48. The lowest BCUT2D eigenvalue weighted by atomic mass is 9.84. The summed E-state index contributed by atoms with van der Waals surface area (Å²) in [4.78, 5) is 0.254. The van der Waals surface area contributed by atoms with Crippen LogP contribution in [0.25, 0.3) is 0 Å². The van der Waals surface area contributed by atoms with Crippen molar-refractivity contribution >= 4 is 10.0 Å². The van der Waals surface area contributed by atoms with Gasteiger partial charge in [0.15, 0.2) is 0 Å². The van der Waals surface area contributed by atoms with Crippen molar-refractivity contribution in [1.29, 1.82) is 0 Å². The van der Waals surface area contributed by atoms with E-state index < -0.39 is 10.0 Å². The first-order chi connectivity index (χ1) is 8.39. The van der Waals surface area contributed by atoms with Crippen molar-refractivity contribution in [1.82, 2.24) is 9.29 Å². The molecule has 0 unspecified atom stereocenters. The molecule has 0 aliphatic carbocycles. The Labute approximate surface area is 109 Å². The smallest absolute Gasteiger partial charge is 0.242 e. The monoisotopic (exact) mass is 274 g/mol. The Kier molecular flexibility index (Phi) is 4.95. The number of sulfonamides is 1. The number of aromatic nitrogens is 1. The van der Waals surface area contributed by atoms with Crippen LogP contribution in [0, 0.1) is 5.41 Å². The molecule has 6 heteroatoms. The largest absolute Gasteiger partial charge is 0.396 e. The first-order valence-corrected chi connectivity index (χ1v) is 7.60. The molecule has 104 valence electrons. The minimum absolute atomic E-state index is 0.0166. The van der Waals surface area contributed by atoms with Crippen LogP contribution in [-0.4, -0.2) is 31.2 Å². The van der Waals surface area contributed by atoms with E-state index in [-0.39, 0.29) is 23.5 Å². The number of aliphatic hydroxyl groups excluding tert-OH is 1. The fraction of sp³-hybridized carbons (Fsp3) is 0.667. The van der Waals surface area contributed by atoms with Crippen molar-refractivity contribution < 1.29 is 13.5 Å². The van der Waals surface area contributed by atoms with Gasteiger partial charge in [0.05, 0.1) is 4.90 Å². The van der Waals surface area contributed by atoms with Crippen LogP contribution in [0.3, 0.4) is 0 Å². The molecule has 0 aliphatic rings. The van der Waals surface area contributed by atoms with E-state index in [0.29, 0.717) is 0 Å². The predicted octanol–water partition coefficient (Wildman–Crippen LogP) is 1.10. The number of hydrogen-bond acceptors (Lipinski definition) is 3. The van der Waals surface area contributed by atoms with Crippen molar-refractivity contribution in [2.75, 3.05) is 13.2 Å². The highest BCUT2D eigenvalue weighted by Crippen LogP contribution is 2.25. The van der Waals surface area contributed by atoms with E-state index in [1.807, 2.05) is 13.8 Å². The number of nitrogens with one attached hydrogen (secondary N) is 1. The summed E-state index contributed by atoms with van der Waals surface area (Å²) in [6, 6.07) is 1.56. The van der Waals surface area contributed by atoms with Crippen LogP contribution in [0.2, 0.25) is 0 Å². The summed E-state index contributed by atoms with van der Waals surface area (Å²) in [5, 5.41) is 9.41. The second-order valence-electron chi connectivity index (χ2n) is 4.70. The average Bonchev–Trinajstić information content (AvgIpc) is 2.79. The molecule has 18 heavy (non-hydrogen) atoms. The van der Waals surface area contributed by atoms with Crippen molar-refractivity contribution in [3.05, 3.63) is 18.5 Å². The molecule has 2 N–H and O–H groups in total. The van der Waals surface area contributed by atoms with E-state index in [1.165, 1.54) is 0 Å². The molecule has 1 rings (SSSR count). The summed E-state index contributed by atoms with van der Waals surface area (Å²) in [6.45, 7) is 4.15. The maximum absolute atomic E-state index is 12.0. The number of aryl methyl sites for hydroxylation is 1. The first kappa shape index (κ1) is 15.2. The highest BCUT2D eigenvalue weighted by atomic mass is 32.2. The van der Waals surface area contributed by atoms with Gasteiger partial charge in [0.1, 0.15) is 0 Å². The second kappa shape index (κ2) is 5.86. The molecular formula is C12H22N2O3S. The van der Waals surface area contributed by atoms with Gasteiger partial charge in [-0.2, -0.15) is 0 Å². The number of rotatable bonds is 7. The zero-order valence-electron chi connectivity index (χ0n) is 11.2. The lowest BCUT2D eigenvalue weighted by molar-refractivity contribution is 0.119. The van der Waals surface area contributed by atoms with Crippen LogP contribution >= 0.6 is 0 Å². The molecule has 0 atom stereocenters. The Morgan fingerprint density at radius 3 is 2.39 bits per heavy atom. The number of hydrogen-bond donors (Lipinski definition) is 2. The molecule has 1 aromatic rings. The highest BCUT2D eigenvalue weighted by Gasteiger charge is 2.27. The Bertz CT molecular complexity index is 467. The Morgan fingerprint density at radius 1 is 1.39 bits per heavy atom. The quantitative estimate of drug-likeness (QED) is 0.782. The van der Waals surface area contributed by atoms with Crippen LogP contribution < -0.4 is 4.72 Å². The average molecular weight is 274 g/mol. The van der Waals surface area contributed by atoms with Crippen LogP contribution in [0.1, 0.15) is 26.7 Å². The zero-order chi connectivity index (χ0) is 13.8. The molecule has 0 radical (unpaired) electrons. The van der Waals surface area contributed by atoms with Gasteiger partial charge < -0.3 is 9.67 Å². The van der Waals surface area contributed by atoms with Crippen LogP contribution in [0.15, 0.2) is 23.4 Å². The van der Waals surface area contributed by atoms with Crippen molar-refractivity contribution in [2.24, 2.45) is 12.5 Å². The molecule has 0 aliphatic heterocycles. The molecule has 0 saturated heterocycles. The fourth-order valence-electron chi connectivity index (χ4n) is 1.75. The molecule has 0 bridgehead atoms. The predicted molar refractivity (Wildman–Crippen MR) is 70.7 cm³/mol. The topological polar surface area (TPSA) is 71.3 Å². The first-order valence-electron chi connectivity index (χ1n) is 6.11. The summed E-state index contributed by atoms with van der Waals surface area (Å²) >= 11 is 0. The van der Waals surface area contributed by atoms with E-state index in [2.05, 4.69) is 4.72 Å². The van der Waals surface area contributed by atoms with Gasteiger partial charge in [0.25, 0.3) is 0 Å². The standard InChI is InChI=1S/C12H22N2O3S/c1-4-12(5-2,10-15)9-13-18(16,17)11-6-7-14(3)8-11/h6-8,13,15H,4-5,9-10H2,1-3H3. The molecule has 0 fully saturated rings. The molecule has 1 heterocycles. The lowest BCUT2D eigenvalue weighted by Crippen LogP contribution is -2.39. The Balaban J connectivity index is 2.79. The molecular weight excluding hydrogens is 252 g/mol. The van der Waals surface area contributed by atoms with Gasteiger partial charge in [-0.25, -0.2) is 13.1 Å². The van der Waals surface area contributed by atoms with Gasteiger partial charge in [0.2, 0.25) is 10.0 Å². The van der Waals surface area contributed by atoms with E-state index in [4.69, 9.17) is 0 Å². The maximum atomic E-state index is 12.0. The molecule has 1 aromatic heterocycles. The second-order valence-corrected chi connectivity index (χ2v) is 6.47. The van der Waals surface area contributed by atoms with Crippen molar-refractivity contribution in [3.63, 3.8) is 0 Å². The van der Waals surface area contributed by atoms with Gasteiger partial charge in [-0.1, -0.05) is 13.8 Å². The maximum Gasteiger partial charge on any atom is 0.242 e. The zero-order valence-corrected chi connectivity index (χ0v) is 12.0. The van der Waals surface area contributed by atoms with Gasteiger partial charge in [-0.15, -0.1) is 0 Å². The number of aliphatic hydroxyl groups is 1. The summed E-state index contributed by atoms with van der Waals surface area (Å²) in [6.07, 6.45) is 4.71. The van der Waals surface area contributed by atoms with Crippen LogP contribution in [0.5, 0.6) is 0 Å². The van der Waals surface area contributed by atoms with E-state index in [1.54, 1.807) is 30.1 Å². The SMILES string of the molecule is CCC(CC)(CO)CNS(=O)(=O)c1ccn(C)c1. The lowest BCUT2D eigenvalue weighted by Gasteiger charge is -2.29. The third-order valence-corrected chi connectivity index (χ3v) is 4.97. The third kappa shape index (κ3) is 3.34. The van der Waals surface area contributed by atoms with E-state index in [0.717, 1.165) is 12.8 Å². The van der Waals surface area contributed by atoms with E-state index >= 15 is 0 Å². The van der Waals surface area contributed by atoms with Gasteiger partial charge in [-0.05, 0) is 18.9 Å². The van der Waals surface area contributed by atoms with Crippen molar-refractivity contribution in [2.45, 2.75) is 31.6 Å². The Hall–Kier alpha value is -0.850. The van der Waals surface area contributed by atoms with Gasteiger partial charge in [0, 0.05) is 38.0 Å².